The van der Waals surface area contributed by atoms with Gasteiger partial charge in [0.05, 0.1) is 11.5 Å². The number of benzene rings is 1. The second kappa shape index (κ2) is 4.47. The summed E-state index contributed by atoms with van der Waals surface area (Å²) < 4.78 is 1.07. The van der Waals surface area contributed by atoms with Crippen molar-refractivity contribution in [2.45, 2.75) is 26.2 Å². The monoisotopic (exact) mass is 278 g/mol. The van der Waals surface area contributed by atoms with Crippen LogP contribution in [0.5, 0.6) is 0 Å². The van der Waals surface area contributed by atoms with Crippen LogP contribution in [-0.4, -0.2) is 6.54 Å². The highest BCUT2D eigenvalue weighted by atomic mass is 79.9. The summed E-state index contributed by atoms with van der Waals surface area (Å²) in [5.74, 6) is 0. The molecule has 0 heterocycles. The van der Waals surface area contributed by atoms with Gasteiger partial charge in [-0.25, -0.2) is 0 Å². The van der Waals surface area contributed by atoms with E-state index in [0.29, 0.717) is 0 Å². The molecule has 0 unspecified atom stereocenters. The maximum absolute atomic E-state index is 9.14. The molecule has 16 heavy (non-hydrogen) atoms. The third kappa shape index (κ3) is 2.22. The van der Waals surface area contributed by atoms with Gasteiger partial charge in [-0.1, -0.05) is 28.4 Å². The topological polar surface area (TPSA) is 35.8 Å². The first-order chi connectivity index (χ1) is 7.65. The number of aryl methyl sites for hydroxylation is 1. The van der Waals surface area contributed by atoms with Crippen LogP contribution in [0.1, 0.15) is 24.8 Å². The fourth-order valence-corrected chi connectivity index (χ4v) is 2.34. The molecule has 1 aliphatic rings. The molecular weight excluding hydrogens is 264 g/mol. The molecule has 0 bridgehead atoms. The third-order valence-electron chi connectivity index (χ3n) is 3.36. The first-order valence-electron chi connectivity index (χ1n) is 5.56. The Morgan fingerprint density at radius 1 is 1.50 bits per heavy atom. The summed E-state index contributed by atoms with van der Waals surface area (Å²) in [7, 11) is 0. The molecule has 1 aromatic rings. The minimum atomic E-state index is -0.116. The van der Waals surface area contributed by atoms with Gasteiger partial charge >= 0.3 is 0 Å². The zero-order valence-electron chi connectivity index (χ0n) is 9.39. The molecule has 1 fully saturated rings. The van der Waals surface area contributed by atoms with Gasteiger partial charge in [-0.05, 0) is 37.5 Å². The smallest absolute Gasteiger partial charge is 0.0746 e. The Morgan fingerprint density at radius 3 is 2.81 bits per heavy atom. The lowest BCUT2D eigenvalue weighted by atomic mass is 9.70. The molecule has 0 aromatic heterocycles. The van der Waals surface area contributed by atoms with Crippen LogP contribution in [0.2, 0.25) is 0 Å². The van der Waals surface area contributed by atoms with Crippen molar-refractivity contribution in [3.05, 3.63) is 28.2 Å². The molecule has 1 N–H and O–H groups in total. The molecule has 0 aliphatic heterocycles. The second-order valence-corrected chi connectivity index (χ2v) is 5.47. The van der Waals surface area contributed by atoms with Crippen molar-refractivity contribution < 1.29 is 0 Å². The molecule has 84 valence electrons. The van der Waals surface area contributed by atoms with Crippen LogP contribution in [0.3, 0.4) is 0 Å². The van der Waals surface area contributed by atoms with E-state index in [2.05, 4.69) is 46.4 Å². The number of rotatable bonds is 3. The highest BCUT2D eigenvalue weighted by Gasteiger charge is 2.36. The molecule has 1 aromatic carbocycles. The summed E-state index contributed by atoms with van der Waals surface area (Å²) in [5, 5.41) is 12.5. The summed E-state index contributed by atoms with van der Waals surface area (Å²) in [6.07, 6.45) is 3.25. The van der Waals surface area contributed by atoms with E-state index in [0.717, 1.165) is 29.5 Å². The minimum absolute atomic E-state index is 0.116. The van der Waals surface area contributed by atoms with E-state index in [4.69, 9.17) is 5.26 Å². The SMILES string of the molecule is Cc1ccc(Br)cc1NCC1(C#N)CCC1. The van der Waals surface area contributed by atoms with Crippen LogP contribution in [0, 0.1) is 23.7 Å². The molecule has 0 spiro atoms. The maximum atomic E-state index is 9.14. The summed E-state index contributed by atoms with van der Waals surface area (Å²) in [5.41, 5.74) is 2.22. The lowest BCUT2D eigenvalue weighted by Crippen LogP contribution is -2.35. The number of halogens is 1. The number of nitrogens with one attached hydrogen (secondary N) is 1. The van der Waals surface area contributed by atoms with Crippen molar-refractivity contribution in [3.8, 4) is 6.07 Å². The fraction of sp³-hybridized carbons (Fsp3) is 0.462. The highest BCUT2D eigenvalue weighted by Crippen LogP contribution is 2.40. The minimum Gasteiger partial charge on any atom is -0.383 e. The van der Waals surface area contributed by atoms with Crippen molar-refractivity contribution >= 4 is 21.6 Å². The predicted octanol–water partition coefficient (Wildman–Crippen LogP) is 3.86. The van der Waals surface area contributed by atoms with Gasteiger partial charge in [0.15, 0.2) is 0 Å². The zero-order valence-corrected chi connectivity index (χ0v) is 11.0. The summed E-state index contributed by atoms with van der Waals surface area (Å²) in [6, 6.07) is 8.62. The van der Waals surface area contributed by atoms with Crippen LogP contribution >= 0.6 is 15.9 Å². The average molecular weight is 279 g/mol. The summed E-state index contributed by atoms with van der Waals surface area (Å²) >= 11 is 3.46. The van der Waals surface area contributed by atoms with Crippen LogP contribution in [0.4, 0.5) is 5.69 Å². The Labute approximate surface area is 105 Å². The third-order valence-corrected chi connectivity index (χ3v) is 3.86. The standard InChI is InChI=1S/C13H15BrN2/c1-10-3-4-11(14)7-12(10)16-9-13(8-15)5-2-6-13/h3-4,7,16H,2,5-6,9H2,1H3. The molecule has 0 atom stereocenters. The Balaban J connectivity index is 2.05. The van der Waals surface area contributed by atoms with Gasteiger partial charge in [0.2, 0.25) is 0 Å². The quantitative estimate of drug-likeness (QED) is 0.911. The van der Waals surface area contributed by atoms with Gasteiger partial charge in [0.1, 0.15) is 0 Å². The van der Waals surface area contributed by atoms with E-state index in [1.807, 2.05) is 6.07 Å². The van der Waals surface area contributed by atoms with Crippen molar-refractivity contribution in [2.24, 2.45) is 5.41 Å². The maximum Gasteiger partial charge on any atom is 0.0746 e. The molecule has 1 aliphatic carbocycles. The van der Waals surface area contributed by atoms with E-state index in [9.17, 15) is 0 Å². The highest BCUT2D eigenvalue weighted by molar-refractivity contribution is 9.10. The average Bonchev–Trinajstić information content (AvgIpc) is 2.22. The van der Waals surface area contributed by atoms with Crippen molar-refractivity contribution in [3.63, 3.8) is 0 Å². The van der Waals surface area contributed by atoms with Crippen LogP contribution in [0.25, 0.3) is 0 Å². The van der Waals surface area contributed by atoms with Crippen LogP contribution < -0.4 is 5.32 Å². The number of hydrogen-bond acceptors (Lipinski definition) is 2. The number of hydrogen-bond donors (Lipinski definition) is 1. The predicted molar refractivity (Wildman–Crippen MR) is 69.3 cm³/mol. The van der Waals surface area contributed by atoms with E-state index in [-0.39, 0.29) is 5.41 Å². The van der Waals surface area contributed by atoms with Gasteiger partial charge in [0.25, 0.3) is 0 Å². The number of nitrogens with zero attached hydrogens (tertiary/aromatic N) is 1. The van der Waals surface area contributed by atoms with Crippen molar-refractivity contribution in [1.82, 2.24) is 0 Å². The molecule has 2 rings (SSSR count). The lowest BCUT2D eigenvalue weighted by molar-refractivity contribution is 0.233. The summed E-state index contributed by atoms with van der Waals surface area (Å²) in [6.45, 7) is 2.84. The molecule has 1 saturated carbocycles. The summed E-state index contributed by atoms with van der Waals surface area (Å²) in [4.78, 5) is 0. The van der Waals surface area contributed by atoms with Crippen molar-refractivity contribution in [2.75, 3.05) is 11.9 Å². The van der Waals surface area contributed by atoms with E-state index >= 15 is 0 Å². The van der Waals surface area contributed by atoms with E-state index in [1.165, 1.54) is 12.0 Å². The van der Waals surface area contributed by atoms with Crippen molar-refractivity contribution in [1.29, 1.82) is 5.26 Å². The van der Waals surface area contributed by atoms with Gasteiger partial charge < -0.3 is 5.32 Å². The largest absolute Gasteiger partial charge is 0.383 e. The Morgan fingerprint density at radius 2 is 2.25 bits per heavy atom. The number of anilines is 1. The Hall–Kier alpha value is -1.01. The molecule has 0 radical (unpaired) electrons. The molecule has 3 heteroatoms. The van der Waals surface area contributed by atoms with Crippen LogP contribution in [0.15, 0.2) is 22.7 Å². The first kappa shape index (κ1) is 11.5. The molecule has 2 nitrogen and oxygen atoms in total. The van der Waals surface area contributed by atoms with Crippen LogP contribution in [-0.2, 0) is 0 Å². The van der Waals surface area contributed by atoms with Gasteiger partial charge in [-0.15, -0.1) is 0 Å². The van der Waals surface area contributed by atoms with E-state index in [1.54, 1.807) is 0 Å². The van der Waals surface area contributed by atoms with E-state index < -0.39 is 0 Å². The molecule has 0 saturated heterocycles. The molecular formula is C13H15BrN2. The Kier molecular flexibility index (Phi) is 3.20. The normalized spacial score (nSPS) is 17.3. The second-order valence-electron chi connectivity index (χ2n) is 4.56. The Bertz CT molecular complexity index is 430. The lowest BCUT2D eigenvalue weighted by Gasteiger charge is -2.35. The zero-order chi connectivity index (χ0) is 11.6. The first-order valence-corrected chi connectivity index (χ1v) is 6.36. The van der Waals surface area contributed by atoms with Gasteiger partial charge in [-0.2, -0.15) is 5.26 Å². The number of nitriles is 1. The van der Waals surface area contributed by atoms with Gasteiger partial charge in [0, 0.05) is 16.7 Å². The van der Waals surface area contributed by atoms with Gasteiger partial charge in [-0.3, -0.25) is 0 Å². The fourth-order valence-electron chi connectivity index (χ4n) is 1.98. The molecule has 0 amide bonds.